The van der Waals surface area contributed by atoms with E-state index in [-0.39, 0.29) is 22.8 Å². The molecule has 3 aliphatic heterocycles. The number of amides is 1. The molecule has 0 unspecified atom stereocenters. The minimum Gasteiger partial charge on any atom is -0.389 e. The second-order valence-corrected chi connectivity index (χ2v) is 11.2. The third kappa shape index (κ3) is 4.08. The van der Waals surface area contributed by atoms with Crippen LogP contribution in [0.5, 0.6) is 0 Å². The Hall–Kier alpha value is -2.26. The summed E-state index contributed by atoms with van der Waals surface area (Å²) in [5, 5.41) is 15.9. The van der Waals surface area contributed by atoms with E-state index >= 15 is 0 Å². The summed E-state index contributed by atoms with van der Waals surface area (Å²) >= 11 is 0. The quantitative estimate of drug-likeness (QED) is 0.661. The Labute approximate surface area is 212 Å². The van der Waals surface area contributed by atoms with Crippen molar-refractivity contribution in [2.45, 2.75) is 51.2 Å². The molecule has 194 valence electrons. The summed E-state index contributed by atoms with van der Waals surface area (Å²) in [4.78, 5) is 22.3. The molecule has 1 amide bonds. The number of aryl methyl sites for hydroxylation is 1. The maximum absolute atomic E-state index is 12.9. The van der Waals surface area contributed by atoms with Crippen molar-refractivity contribution in [3.63, 3.8) is 0 Å². The molecule has 3 atom stereocenters. The van der Waals surface area contributed by atoms with Gasteiger partial charge in [0.1, 0.15) is 5.82 Å². The highest BCUT2D eigenvalue weighted by Gasteiger charge is 2.58. The average Bonchev–Trinajstić information content (AvgIpc) is 3.45. The first-order valence-electron chi connectivity index (χ1n) is 13.5. The van der Waals surface area contributed by atoms with Crippen LogP contribution in [0.1, 0.15) is 38.2 Å². The van der Waals surface area contributed by atoms with Crippen molar-refractivity contribution in [2.24, 2.45) is 11.3 Å². The predicted molar refractivity (Wildman–Crippen MR) is 139 cm³/mol. The molecule has 6 rings (SSSR count). The highest BCUT2D eigenvalue weighted by Crippen LogP contribution is 2.59. The van der Waals surface area contributed by atoms with Crippen LogP contribution in [-0.4, -0.2) is 85.1 Å². The zero-order valence-corrected chi connectivity index (χ0v) is 21.5. The van der Waals surface area contributed by atoms with E-state index < -0.39 is 6.10 Å². The number of carbonyl (C=O) groups excluding carboxylic acids is 1. The number of pyridine rings is 1. The van der Waals surface area contributed by atoms with Crippen LogP contribution in [0.2, 0.25) is 0 Å². The lowest BCUT2D eigenvalue weighted by Crippen LogP contribution is -2.62. The van der Waals surface area contributed by atoms with Crippen molar-refractivity contribution in [1.29, 1.82) is 0 Å². The molecule has 1 saturated carbocycles. The number of nitrogens with zero attached hydrogens (tertiary/aromatic N) is 3. The van der Waals surface area contributed by atoms with E-state index in [0.717, 1.165) is 75.8 Å². The number of ether oxygens (including phenoxy) is 2. The Morgan fingerprint density at radius 2 is 1.92 bits per heavy atom. The molecule has 3 saturated heterocycles. The Balaban J connectivity index is 1.16. The maximum atomic E-state index is 12.9. The molecular formula is C28H38N4O4. The van der Waals surface area contributed by atoms with E-state index in [2.05, 4.69) is 46.1 Å². The third-order valence-corrected chi connectivity index (χ3v) is 9.39. The van der Waals surface area contributed by atoms with Gasteiger partial charge in [-0.05, 0) is 67.2 Å². The second kappa shape index (κ2) is 9.24. The topological polar surface area (TPSA) is 87.2 Å². The Morgan fingerprint density at radius 1 is 1.14 bits per heavy atom. The molecule has 1 aromatic carbocycles. The van der Waals surface area contributed by atoms with Crippen LogP contribution in [-0.2, 0) is 14.3 Å². The first-order valence-corrected chi connectivity index (χ1v) is 13.5. The van der Waals surface area contributed by atoms with Gasteiger partial charge in [0.25, 0.3) is 0 Å². The van der Waals surface area contributed by atoms with Gasteiger partial charge >= 0.3 is 0 Å². The van der Waals surface area contributed by atoms with Gasteiger partial charge in [0.2, 0.25) is 5.91 Å². The monoisotopic (exact) mass is 494 g/mol. The lowest BCUT2D eigenvalue weighted by Gasteiger charge is -2.47. The number of rotatable bonds is 5. The number of aromatic nitrogens is 1. The van der Waals surface area contributed by atoms with Crippen LogP contribution in [0.3, 0.4) is 0 Å². The molecule has 2 N–H and O–H groups in total. The Kier molecular flexibility index (Phi) is 6.19. The van der Waals surface area contributed by atoms with Crippen molar-refractivity contribution in [3.05, 3.63) is 30.0 Å². The van der Waals surface area contributed by atoms with Crippen LogP contribution in [0, 0.1) is 18.3 Å². The molecule has 1 aromatic heterocycles. The summed E-state index contributed by atoms with van der Waals surface area (Å²) in [6.07, 6.45) is 5.27. The van der Waals surface area contributed by atoms with Gasteiger partial charge in [-0.2, -0.15) is 0 Å². The molecule has 8 nitrogen and oxygen atoms in total. The number of aliphatic hydroxyl groups is 1. The molecule has 1 aliphatic carbocycles. The standard InChI is InChI=1S/C28H38N4O4/c1-3-28(18-36-17-24(28)33)32-8-6-31(7-9-32)23-13-20-14-25(29-16-21(20)12-19(23)2)30-26(34)22-15-27(22)4-10-35-11-5-27/h12-14,16,22,24,33H,3-11,15,17-18H2,1-2H3,(H,29,30,34)/t22-,24-,28+/m0/s1. The molecule has 4 aliphatic rings. The summed E-state index contributed by atoms with van der Waals surface area (Å²) < 4.78 is 11.1. The van der Waals surface area contributed by atoms with Crippen LogP contribution in [0.25, 0.3) is 10.8 Å². The number of fused-ring (bicyclic) bond motifs is 1. The predicted octanol–water partition coefficient (Wildman–Crippen LogP) is 2.96. The molecule has 1 spiro atoms. The Morgan fingerprint density at radius 3 is 2.61 bits per heavy atom. The van der Waals surface area contributed by atoms with Gasteiger partial charge in [0.05, 0.1) is 24.9 Å². The normalized spacial score (nSPS) is 30.1. The summed E-state index contributed by atoms with van der Waals surface area (Å²) in [5.41, 5.74) is 2.35. The van der Waals surface area contributed by atoms with Crippen LogP contribution in [0.4, 0.5) is 11.5 Å². The number of piperazine rings is 1. The molecule has 2 aromatic rings. The summed E-state index contributed by atoms with van der Waals surface area (Å²) in [6, 6.07) is 6.43. The smallest absolute Gasteiger partial charge is 0.229 e. The lowest BCUT2D eigenvalue weighted by atomic mass is 9.89. The second-order valence-electron chi connectivity index (χ2n) is 11.2. The van der Waals surface area contributed by atoms with Gasteiger partial charge in [0, 0.05) is 62.6 Å². The first-order chi connectivity index (χ1) is 17.4. The molecule has 8 heteroatoms. The fourth-order valence-electron chi connectivity index (χ4n) is 6.82. The van der Waals surface area contributed by atoms with Crippen LogP contribution >= 0.6 is 0 Å². The van der Waals surface area contributed by atoms with Crippen molar-refractivity contribution in [3.8, 4) is 0 Å². The van der Waals surface area contributed by atoms with Gasteiger partial charge in [-0.1, -0.05) is 6.92 Å². The van der Waals surface area contributed by atoms with Crippen molar-refractivity contribution in [1.82, 2.24) is 9.88 Å². The van der Waals surface area contributed by atoms with Crippen molar-refractivity contribution < 1.29 is 19.4 Å². The van der Waals surface area contributed by atoms with E-state index in [0.29, 0.717) is 19.0 Å². The largest absolute Gasteiger partial charge is 0.389 e. The number of anilines is 2. The van der Waals surface area contributed by atoms with Crippen LogP contribution < -0.4 is 10.2 Å². The molecule has 36 heavy (non-hydrogen) atoms. The lowest BCUT2D eigenvalue weighted by molar-refractivity contribution is -0.118. The number of hydrogen-bond donors (Lipinski definition) is 2. The Bertz CT molecular complexity index is 1140. The highest BCUT2D eigenvalue weighted by atomic mass is 16.5. The van der Waals surface area contributed by atoms with Gasteiger partial charge < -0.3 is 24.8 Å². The maximum Gasteiger partial charge on any atom is 0.229 e. The van der Waals surface area contributed by atoms with E-state index in [9.17, 15) is 9.90 Å². The number of hydrogen-bond acceptors (Lipinski definition) is 7. The van der Waals surface area contributed by atoms with E-state index in [1.54, 1.807) is 0 Å². The number of benzene rings is 1. The number of nitrogens with one attached hydrogen (secondary N) is 1. The molecular weight excluding hydrogens is 456 g/mol. The van der Waals surface area contributed by atoms with Gasteiger partial charge in [-0.15, -0.1) is 0 Å². The van der Waals surface area contributed by atoms with E-state index in [4.69, 9.17) is 9.47 Å². The zero-order chi connectivity index (χ0) is 24.9. The minimum absolute atomic E-state index is 0.0824. The van der Waals surface area contributed by atoms with E-state index in [1.165, 1.54) is 11.3 Å². The number of aliphatic hydroxyl groups excluding tert-OH is 1. The third-order valence-electron chi connectivity index (χ3n) is 9.39. The SMILES string of the molecule is CC[C@@]1(N2CCN(c3cc4cc(NC(=O)[C@@H]5CC56CCOCC6)ncc4cc3C)CC2)COC[C@@H]1O. The summed E-state index contributed by atoms with van der Waals surface area (Å²) in [5.74, 6) is 0.801. The van der Waals surface area contributed by atoms with Gasteiger partial charge in [-0.3, -0.25) is 9.69 Å². The van der Waals surface area contributed by atoms with Crippen LogP contribution in [0.15, 0.2) is 24.4 Å². The first kappa shape index (κ1) is 24.1. The fourth-order valence-corrected chi connectivity index (χ4v) is 6.82. The number of carbonyl (C=O) groups is 1. The van der Waals surface area contributed by atoms with Gasteiger partial charge in [0.15, 0.2) is 0 Å². The molecule has 0 radical (unpaired) electrons. The summed E-state index contributed by atoms with van der Waals surface area (Å²) in [6.45, 7) is 10.5. The summed E-state index contributed by atoms with van der Waals surface area (Å²) in [7, 11) is 0. The van der Waals surface area contributed by atoms with Gasteiger partial charge in [-0.25, -0.2) is 4.98 Å². The molecule has 0 bridgehead atoms. The van der Waals surface area contributed by atoms with Crippen molar-refractivity contribution in [2.75, 3.05) is 62.8 Å². The van der Waals surface area contributed by atoms with Crippen molar-refractivity contribution >= 4 is 28.2 Å². The molecule has 4 heterocycles. The zero-order valence-electron chi connectivity index (χ0n) is 21.5. The average molecular weight is 495 g/mol. The minimum atomic E-state index is -0.422. The van der Waals surface area contributed by atoms with E-state index in [1.807, 2.05) is 12.3 Å². The fraction of sp³-hybridized carbons (Fsp3) is 0.643. The molecule has 4 fully saturated rings. The highest BCUT2D eigenvalue weighted by molar-refractivity contribution is 5.97.